The van der Waals surface area contributed by atoms with Crippen LogP contribution in [0, 0.1) is 19.8 Å². The second-order valence-electron chi connectivity index (χ2n) is 10.6. The molecule has 188 valence electrons. The Labute approximate surface area is 205 Å². The van der Waals surface area contributed by atoms with Gasteiger partial charge in [-0.25, -0.2) is 0 Å². The molecule has 1 aromatic rings. The quantitative estimate of drug-likeness (QED) is 0.665. The number of nitrogens with zero attached hydrogens (tertiary/aromatic N) is 4. The lowest BCUT2D eigenvalue weighted by molar-refractivity contribution is -0.134. The van der Waals surface area contributed by atoms with E-state index in [1.807, 2.05) is 36.9 Å². The van der Waals surface area contributed by atoms with Crippen molar-refractivity contribution in [3.05, 3.63) is 29.3 Å². The molecule has 2 aliphatic heterocycles. The highest BCUT2D eigenvalue weighted by atomic mass is 16.2. The van der Waals surface area contributed by atoms with E-state index in [1.54, 1.807) is 0 Å². The van der Waals surface area contributed by atoms with E-state index in [0.29, 0.717) is 26.2 Å². The summed E-state index contributed by atoms with van der Waals surface area (Å²) in [7, 11) is 0. The van der Waals surface area contributed by atoms with E-state index in [-0.39, 0.29) is 11.8 Å². The van der Waals surface area contributed by atoms with Crippen LogP contribution in [0.25, 0.3) is 0 Å². The molecule has 1 N–H and O–H groups in total. The zero-order chi connectivity index (χ0) is 23.9. The standard InChI is InChI=1S/C27H43N5O2/c1-22-7-6-8-23(2)27(22)28-25(33)20-30-15-17-32(18-16-30)26(34)21-31-13-11-29(12-14-31)19-24-9-4-3-5-10-24/h6-8,24H,3-5,9-21H2,1-2H3,(H,28,33). The van der Waals surface area contributed by atoms with Gasteiger partial charge < -0.3 is 15.1 Å². The Morgan fingerprint density at radius 1 is 0.794 bits per heavy atom. The van der Waals surface area contributed by atoms with Crippen LogP contribution in [0.1, 0.15) is 43.2 Å². The molecule has 34 heavy (non-hydrogen) atoms. The smallest absolute Gasteiger partial charge is 0.238 e. The maximum atomic E-state index is 12.9. The molecule has 1 aromatic carbocycles. The number of para-hydroxylation sites is 1. The summed E-state index contributed by atoms with van der Waals surface area (Å²) in [6.45, 7) is 13.3. The Balaban J connectivity index is 1.13. The number of carbonyl (C=O) groups excluding carboxylic acids is 2. The number of anilines is 1. The van der Waals surface area contributed by atoms with Gasteiger partial charge in [-0.15, -0.1) is 0 Å². The Morgan fingerprint density at radius 3 is 2.00 bits per heavy atom. The van der Waals surface area contributed by atoms with Gasteiger partial charge in [-0.05, 0) is 43.7 Å². The minimum absolute atomic E-state index is 0.0169. The number of benzene rings is 1. The lowest BCUT2D eigenvalue weighted by Crippen LogP contribution is -2.54. The summed E-state index contributed by atoms with van der Waals surface area (Å²) in [4.78, 5) is 34.5. The number of nitrogens with one attached hydrogen (secondary N) is 1. The van der Waals surface area contributed by atoms with Crippen LogP contribution >= 0.6 is 0 Å². The number of rotatable bonds is 7. The maximum Gasteiger partial charge on any atom is 0.238 e. The minimum atomic E-state index is 0.0169. The van der Waals surface area contributed by atoms with Crippen LogP contribution in [0.15, 0.2) is 18.2 Å². The number of hydrogen-bond donors (Lipinski definition) is 1. The first kappa shape index (κ1) is 25.1. The lowest BCUT2D eigenvalue weighted by Gasteiger charge is -2.39. The summed E-state index contributed by atoms with van der Waals surface area (Å²) in [6, 6.07) is 6.04. The van der Waals surface area contributed by atoms with Gasteiger partial charge >= 0.3 is 0 Å². The third-order valence-corrected chi connectivity index (χ3v) is 7.90. The first-order chi connectivity index (χ1) is 16.5. The average molecular weight is 470 g/mol. The van der Waals surface area contributed by atoms with Crippen LogP contribution in [-0.2, 0) is 9.59 Å². The third kappa shape index (κ3) is 7.03. The monoisotopic (exact) mass is 469 g/mol. The molecule has 0 aromatic heterocycles. The second kappa shape index (κ2) is 12.1. The maximum absolute atomic E-state index is 12.9. The predicted molar refractivity (Wildman–Crippen MR) is 137 cm³/mol. The number of piperazine rings is 2. The SMILES string of the molecule is Cc1cccc(C)c1NC(=O)CN1CCN(C(=O)CN2CCN(CC3CCCCC3)CC2)CC1. The molecule has 3 fully saturated rings. The Kier molecular flexibility index (Phi) is 8.98. The van der Waals surface area contributed by atoms with Crippen molar-refractivity contribution in [2.75, 3.05) is 77.3 Å². The molecule has 2 amide bonds. The molecule has 0 unspecified atom stereocenters. The Morgan fingerprint density at radius 2 is 1.35 bits per heavy atom. The zero-order valence-corrected chi connectivity index (χ0v) is 21.2. The molecular weight excluding hydrogens is 426 g/mol. The van der Waals surface area contributed by atoms with Crippen molar-refractivity contribution in [3.63, 3.8) is 0 Å². The van der Waals surface area contributed by atoms with Gasteiger partial charge in [-0.3, -0.25) is 19.4 Å². The molecule has 0 spiro atoms. The van der Waals surface area contributed by atoms with E-state index >= 15 is 0 Å². The number of hydrogen-bond acceptors (Lipinski definition) is 5. The van der Waals surface area contributed by atoms with Crippen LogP contribution in [-0.4, -0.2) is 103 Å². The van der Waals surface area contributed by atoms with Crippen LogP contribution in [0.2, 0.25) is 0 Å². The summed E-state index contributed by atoms with van der Waals surface area (Å²) < 4.78 is 0. The minimum Gasteiger partial charge on any atom is -0.339 e. The molecule has 4 rings (SSSR count). The molecule has 0 atom stereocenters. The fourth-order valence-corrected chi connectivity index (χ4v) is 5.71. The number of aryl methyl sites for hydroxylation is 2. The van der Waals surface area contributed by atoms with E-state index in [2.05, 4.69) is 20.0 Å². The molecular formula is C27H43N5O2. The number of carbonyl (C=O) groups is 2. The van der Waals surface area contributed by atoms with Gasteiger partial charge in [-0.1, -0.05) is 37.5 Å². The normalized spacial score (nSPS) is 21.5. The topological polar surface area (TPSA) is 59.1 Å². The summed E-state index contributed by atoms with van der Waals surface area (Å²) in [5.41, 5.74) is 3.08. The van der Waals surface area contributed by atoms with Gasteiger partial charge in [0.25, 0.3) is 0 Å². The van der Waals surface area contributed by atoms with Gasteiger partial charge in [0.15, 0.2) is 0 Å². The summed E-state index contributed by atoms with van der Waals surface area (Å²) >= 11 is 0. The highest BCUT2D eigenvalue weighted by Gasteiger charge is 2.26. The summed E-state index contributed by atoms with van der Waals surface area (Å²) in [6.07, 6.45) is 7.03. The van der Waals surface area contributed by atoms with Crippen LogP contribution in [0.4, 0.5) is 5.69 Å². The molecule has 0 bridgehead atoms. The van der Waals surface area contributed by atoms with Crippen molar-refractivity contribution in [1.29, 1.82) is 0 Å². The number of amides is 2. The molecule has 3 aliphatic rings. The molecule has 1 aliphatic carbocycles. The molecule has 7 heteroatoms. The average Bonchev–Trinajstić information content (AvgIpc) is 2.84. The molecule has 7 nitrogen and oxygen atoms in total. The van der Waals surface area contributed by atoms with E-state index in [9.17, 15) is 9.59 Å². The summed E-state index contributed by atoms with van der Waals surface area (Å²) in [5.74, 6) is 1.14. The van der Waals surface area contributed by atoms with Gasteiger partial charge in [0.05, 0.1) is 13.1 Å². The van der Waals surface area contributed by atoms with Crippen LogP contribution < -0.4 is 5.32 Å². The Hall–Kier alpha value is -1.96. The van der Waals surface area contributed by atoms with E-state index in [4.69, 9.17) is 0 Å². The largest absolute Gasteiger partial charge is 0.339 e. The molecule has 1 saturated carbocycles. The van der Waals surface area contributed by atoms with Gasteiger partial charge in [0.1, 0.15) is 0 Å². The first-order valence-electron chi connectivity index (χ1n) is 13.3. The molecule has 2 heterocycles. The lowest BCUT2D eigenvalue weighted by atomic mass is 9.89. The highest BCUT2D eigenvalue weighted by Crippen LogP contribution is 2.25. The van der Waals surface area contributed by atoms with Crippen molar-refractivity contribution in [1.82, 2.24) is 19.6 Å². The zero-order valence-electron chi connectivity index (χ0n) is 21.2. The molecule has 0 radical (unpaired) electrons. The predicted octanol–water partition coefficient (Wildman–Crippen LogP) is 2.58. The van der Waals surface area contributed by atoms with Crippen molar-refractivity contribution in [2.24, 2.45) is 5.92 Å². The van der Waals surface area contributed by atoms with E-state index in [1.165, 1.54) is 38.6 Å². The van der Waals surface area contributed by atoms with Crippen molar-refractivity contribution in [3.8, 4) is 0 Å². The van der Waals surface area contributed by atoms with Crippen LogP contribution in [0.3, 0.4) is 0 Å². The van der Waals surface area contributed by atoms with Crippen molar-refractivity contribution < 1.29 is 9.59 Å². The fraction of sp³-hybridized carbons (Fsp3) is 0.704. The van der Waals surface area contributed by atoms with Crippen molar-refractivity contribution >= 4 is 17.5 Å². The van der Waals surface area contributed by atoms with Gasteiger partial charge in [-0.2, -0.15) is 0 Å². The van der Waals surface area contributed by atoms with Gasteiger partial charge in [0, 0.05) is 64.6 Å². The first-order valence-corrected chi connectivity index (χ1v) is 13.3. The van der Waals surface area contributed by atoms with Crippen molar-refractivity contribution in [2.45, 2.75) is 46.0 Å². The summed E-state index contributed by atoms with van der Waals surface area (Å²) in [5, 5.41) is 3.07. The second-order valence-corrected chi connectivity index (χ2v) is 10.6. The van der Waals surface area contributed by atoms with E-state index in [0.717, 1.165) is 62.0 Å². The highest BCUT2D eigenvalue weighted by molar-refractivity contribution is 5.93. The third-order valence-electron chi connectivity index (χ3n) is 7.90. The van der Waals surface area contributed by atoms with Crippen LogP contribution in [0.5, 0.6) is 0 Å². The Bertz CT molecular complexity index is 802. The fourth-order valence-electron chi connectivity index (χ4n) is 5.71. The van der Waals surface area contributed by atoms with Gasteiger partial charge in [0.2, 0.25) is 11.8 Å². The molecule has 2 saturated heterocycles. The van der Waals surface area contributed by atoms with E-state index < -0.39 is 0 Å².